The Bertz CT molecular complexity index is 433. The highest BCUT2D eigenvalue weighted by molar-refractivity contribution is 5.97. The molecule has 1 aliphatic heterocycles. The number of hydrogen-bond donors (Lipinski definition) is 2. The molecule has 0 spiro atoms. The van der Waals surface area contributed by atoms with Gasteiger partial charge in [0.25, 0.3) is 0 Å². The van der Waals surface area contributed by atoms with Crippen LogP contribution in [0.5, 0.6) is 5.75 Å². The average Bonchev–Trinajstić information content (AvgIpc) is 2.23. The molecule has 0 saturated carbocycles. The Morgan fingerprint density at radius 3 is 2.76 bits per heavy atom. The van der Waals surface area contributed by atoms with E-state index in [1.54, 1.807) is 18.2 Å². The quantitative estimate of drug-likeness (QED) is 0.788. The van der Waals surface area contributed by atoms with Crippen LogP contribution in [0.2, 0.25) is 0 Å². The van der Waals surface area contributed by atoms with E-state index in [1.807, 2.05) is 13.8 Å². The summed E-state index contributed by atoms with van der Waals surface area (Å²) in [5.41, 5.74) is 1.04. The number of aromatic hydroxyl groups is 1. The van der Waals surface area contributed by atoms with Crippen LogP contribution >= 0.6 is 0 Å². The summed E-state index contributed by atoms with van der Waals surface area (Å²) in [4.78, 5) is 12.1. The maximum Gasteiger partial charge on any atom is 0.235 e. The predicted octanol–water partition coefficient (Wildman–Crippen LogP) is 2.07. The number of anilines is 1. The van der Waals surface area contributed by atoms with E-state index in [-0.39, 0.29) is 11.7 Å². The van der Waals surface area contributed by atoms with Crippen molar-refractivity contribution >= 4 is 11.6 Å². The molecule has 92 valence electrons. The van der Waals surface area contributed by atoms with E-state index < -0.39 is 5.41 Å². The number of aryl methyl sites for hydroxylation is 1. The first-order chi connectivity index (χ1) is 8.07. The third-order valence-electron chi connectivity index (χ3n) is 3.32. The summed E-state index contributed by atoms with van der Waals surface area (Å²) in [5.74, 6) is 0.0163. The number of hydrogen-bond acceptors (Lipinski definition) is 3. The van der Waals surface area contributed by atoms with Gasteiger partial charge in [-0.25, -0.2) is 0 Å². The lowest BCUT2D eigenvalue weighted by molar-refractivity contribution is -0.156. The van der Waals surface area contributed by atoms with Crippen LogP contribution in [-0.2, 0) is 9.53 Å². The minimum absolute atomic E-state index is 0.0767. The SMILES string of the molecule is CCC1(C(=O)Nc2cc(C)ccc2O)COC1. The van der Waals surface area contributed by atoms with Crippen molar-refractivity contribution in [2.24, 2.45) is 5.41 Å². The van der Waals surface area contributed by atoms with Gasteiger partial charge in [-0.15, -0.1) is 0 Å². The van der Waals surface area contributed by atoms with Gasteiger partial charge < -0.3 is 15.2 Å². The molecule has 0 bridgehead atoms. The van der Waals surface area contributed by atoms with Gasteiger partial charge >= 0.3 is 0 Å². The molecule has 0 radical (unpaired) electrons. The second-order valence-electron chi connectivity index (χ2n) is 4.60. The third-order valence-corrected chi connectivity index (χ3v) is 3.32. The Balaban J connectivity index is 2.15. The van der Waals surface area contributed by atoms with E-state index in [9.17, 15) is 9.90 Å². The maximum absolute atomic E-state index is 12.1. The number of benzene rings is 1. The van der Waals surface area contributed by atoms with E-state index in [4.69, 9.17) is 4.74 Å². The van der Waals surface area contributed by atoms with Gasteiger partial charge in [0.1, 0.15) is 5.75 Å². The fourth-order valence-corrected chi connectivity index (χ4v) is 1.85. The van der Waals surface area contributed by atoms with E-state index in [1.165, 1.54) is 0 Å². The minimum Gasteiger partial charge on any atom is -0.506 e. The smallest absolute Gasteiger partial charge is 0.235 e. The lowest BCUT2D eigenvalue weighted by Crippen LogP contribution is -2.51. The Morgan fingerprint density at radius 2 is 2.24 bits per heavy atom. The van der Waals surface area contributed by atoms with Crippen LogP contribution in [0.4, 0.5) is 5.69 Å². The summed E-state index contributed by atoms with van der Waals surface area (Å²) < 4.78 is 5.12. The monoisotopic (exact) mass is 235 g/mol. The first-order valence-electron chi connectivity index (χ1n) is 5.76. The topological polar surface area (TPSA) is 58.6 Å². The summed E-state index contributed by atoms with van der Waals surface area (Å²) in [6.45, 7) is 4.80. The Morgan fingerprint density at radius 1 is 1.53 bits per heavy atom. The first kappa shape index (κ1) is 11.9. The average molecular weight is 235 g/mol. The molecular formula is C13H17NO3. The van der Waals surface area contributed by atoms with E-state index in [0.717, 1.165) is 12.0 Å². The van der Waals surface area contributed by atoms with Crippen LogP contribution in [0.15, 0.2) is 18.2 Å². The van der Waals surface area contributed by atoms with Crippen molar-refractivity contribution in [1.29, 1.82) is 0 Å². The van der Waals surface area contributed by atoms with Gasteiger partial charge in [-0.05, 0) is 31.0 Å². The van der Waals surface area contributed by atoms with Gasteiger partial charge in [0.2, 0.25) is 5.91 Å². The van der Waals surface area contributed by atoms with Crippen LogP contribution in [0.25, 0.3) is 0 Å². The predicted molar refractivity (Wildman–Crippen MR) is 65.0 cm³/mol. The summed E-state index contributed by atoms with van der Waals surface area (Å²) in [6, 6.07) is 5.14. The molecule has 1 amide bonds. The molecule has 1 heterocycles. The molecule has 0 aliphatic carbocycles. The van der Waals surface area contributed by atoms with Crippen LogP contribution < -0.4 is 5.32 Å². The zero-order chi connectivity index (χ0) is 12.5. The normalized spacial score (nSPS) is 17.3. The molecule has 2 rings (SSSR count). The van der Waals surface area contributed by atoms with Crippen LogP contribution in [-0.4, -0.2) is 24.2 Å². The van der Waals surface area contributed by atoms with Crippen molar-refractivity contribution in [3.63, 3.8) is 0 Å². The second kappa shape index (κ2) is 4.37. The third kappa shape index (κ3) is 2.13. The molecule has 2 N–H and O–H groups in total. The number of phenolic OH excluding ortho intramolecular Hbond substituents is 1. The van der Waals surface area contributed by atoms with Gasteiger partial charge in [-0.1, -0.05) is 13.0 Å². The molecule has 0 aromatic heterocycles. The van der Waals surface area contributed by atoms with Gasteiger partial charge in [-0.2, -0.15) is 0 Å². The molecule has 1 aliphatic rings. The van der Waals surface area contributed by atoms with Crippen molar-refractivity contribution in [3.8, 4) is 5.75 Å². The molecule has 0 atom stereocenters. The van der Waals surface area contributed by atoms with Crippen molar-refractivity contribution in [2.45, 2.75) is 20.3 Å². The molecular weight excluding hydrogens is 218 g/mol. The zero-order valence-corrected chi connectivity index (χ0v) is 10.1. The van der Waals surface area contributed by atoms with Crippen molar-refractivity contribution < 1.29 is 14.6 Å². The van der Waals surface area contributed by atoms with Gasteiger partial charge in [-0.3, -0.25) is 4.79 Å². The molecule has 1 aromatic carbocycles. The van der Waals surface area contributed by atoms with Gasteiger partial charge in [0, 0.05) is 0 Å². The summed E-state index contributed by atoms with van der Waals surface area (Å²) in [5, 5.41) is 12.4. The van der Waals surface area contributed by atoms with Gasteiger partial charge in [0.15, 0.2) is 0 Å². The van der Waals surface area contributed by atoms with Crippen LogP contribution in [0, 0.1) is 12.3 Å². The summed E-state index contributed by atoms with van der Waals surface area (Å²) in [7, 11) is 0. The fourth-order valence-electron chi connectivity index (χ4n) is 1.85. The highest BCUT2D eigenvalue weighted by atomic mass is 16.5. The van der Waals surface area contributed by atoms with E-state index in [0.29, 0.717) is 18.9 Å². The summed E-state index contributed by atoms with van der Waals surface area (Å²) >= 11 is 0. The maximum atomic E-state index is 12.1. The lowest BCUT2D eigenvalue weighted by Gasteiger charge is -2.39. The lowest BCUT2D eigenvalue weighted by atomic mass is 9.82. The molecule has 0 unspecified atom stereocenters. The number of nitrogens with one attached hydrogen (secondary N) is 1. The van der Waals surface area contributed by atoms with E-state index >= 15 is 0 Å². The molecule has 4 heteroatoms. The largest absolute Gasteiger partial charge is 0.506 e. The molecule has 1 saturated heterocycles. The Hall–Kier alpha value is -1.55. The van der Waals surface area contributed by atoms with Crippen molar-refractivity contribution in [1.82, 2.24) is 0 Å². The number of rotatable bonds is 3. The molecule has 4 nitrogen and oxygen atoms in total. The molecule has 1 fully saturated rings. The summed E-state index contributed by atoms with van der Waals surface area (Å²) in [6.07, 6.45) is 0.741. The van der Waals surface area contributed by atoms with Crippen LogP contribution in [0.1, 0.15) is 18.9 Å². The fraction of sp³-hybridized carbons (Fsp3) is 0.462. The number of ether oxygens (including phenoxy) is 1. The number of amides is 1. The van der Waals surface area contributed by atoms with E-state index in [2.05, 4.69) is 5.32 Å². The Labute approximate surface area is 101 Å². The standard InChI is InChI=1S/C13H17NO3/c1-3-13(7-17-8-13)12(16)14-10-6-9(2)4-5-11(10)15/h4-6,15H,3,7-8H2,1-2H3,(H,14,16). The van der Waals surface area contributed by atoms with Crippen LogP contribution in [0.3, 0.4) is 0 Å². The molecule has 17 heavy (non-hydrogen) atoms. The first-order valence-corrected chi connectivity index (χ1v) is 5.76. The van der Waals surface area contributed by atoms with Crippen molar-refractivity contribution in [2.75, 3.05) is 18.5 Å². The minimum atomic E-state index is -0.420. The highest BCUT2D eigenvalue weighted by Gasteiger charge is 2.44. The molecule has 1 aromatic rings. The highest BCUT2D eigenvalue weighted by Crippen LogP contribution is 2.34. The Kier molecular flexibility index (Phi) is 3.07. The number of phenols is 1. The number of carbonyl (C=O) groups is 1. The zero-order valence-electron chi connectivity index (χ0n) is 10.1. The van der Waals surface area contributed by atoms with Crippen molar-refractivity contribution in [3.05, 3.63) is 23.8 Å². The second-order valence-corrected chi connectivity index (χ2v) is 4.60. The number of carbonyl (C=O) groups excluding carboxylic acids is 1. The van der Waals surface area contributed by atoms with Gasteiger partial charge in [0.05, 0.1) is 24.3 Å².